The van der Waals surface area contributed by atoms with E-state index >= 15 is 0 Å². The Morgan fingerprint density at radius 3 is 1.87 bits per heavy atom. The average Bonchev–Trinajstić information content (AvgIpc) is 2.26. The second-order valence-corrected chi connectivity index (χ2v) is 4.20. The van der Waals surface area contributed by atoms with Crippen molar-refractivity contribution in [1.29, 1.82) is 0 Å². The molecule has 0 spiro atoms. The van der Waals surface area contributed by atoms with E-state index in [9.17, 15) is 0 Å². The molecule has 0 nitrogen and oxygen atoms in total. The Morgan fingerprint density at radius 1 is 0.600 bits per heavy atom. The molecule has 0 heterocycles. The number of unbranched alkanes of at least 4 members (excludes halogenated alkanes) is 7. The van der Waals surface area contributed by atoms with Gasteiger partial charge in [-0.25, -0.2) is 0 Å². The van der Waals surface area contributed by atoms with Crippen LogP contribution in [0.15, 0.2) is 24.3 Å². The Morgan fingerprint density at radius 2 is 1.20 bits per heavy atom. The molecule has 0 aliphatic carbocycles. The van der Waals surface area contributed by atoms with Crippen LogP contribution in [0.25, 0.3) is 0 Å². The van der Waals surface area contributed by atoms with Crippen molar-refractivity contribution < 1.29 is 0 Å². The summed E-state index contributed by atoms with van der Waals surface area (Å²) in [5.74, 6) is 0. The molecule has 0 amide bonds. The molecule has 0 rings (SSSR count). The van der Waals surface area contributed by atoms with Crippen molar-refractivity contribution in [2.75, 3.05) is 0 Å². The van der Waals surface area contributed by atoms with E-state index in [0.29, 0.717) is 0 Å². The molecular weight excluding hydrogens is 180 g/mol. The van der Waals surface area contributed by atoms with Gasteiger partial charge in [-0.1, -0.05) is 76.7 Å². The number of allylic oxidation sites excluding steroid dienone is 4. The van der Waals surface area contributed by atoms with Crippen LogP contribution in [-0.4, -0.2) is 0 Å². The van der Waals surface area contributed by atoms with Crippen molar-refractivity contribution >= 4 is 0 Å². The molecule has 0 saturated carbocycles. The molecule has 88 valence electrons. The highest BCUT2D eigenvalue weighted by Crippen LogP contribution is 2.07. The molecule has 0 aromatic heterocycles. The predicted molar refractivity (Wildman–Crippen MR) is 71.2 cm³/mol. The monoisotopic (exact) mass is 208 g/mol. The van der Waals surface area contributed by atoms with E-state index in [4.69, 9.17) is 0 Å². The summed E-state index contributed by atoms with van der Waals surface area (Å²) in [6, 6.07) is 0. The van der Waals surface area contributed by atoms with E-state index in [1.165, 1.54) is 57.8 Å². The van der Waals surface area contributed by atoms with Gasteiger partial charge in [0.2, 0.25) is 0 Å². The van der Waals surface area contributed by atoms with Gasteiger partial charge in [0.15, 0.2) is 0 Å². The first-order valence-electron chi connectivity index (χ1n) is 6.73. The molecule has 0 fully saturated rings. The van der Waals surface area contributed by atoms with Crippen molar-refractivity contribution in [1.82, 2.24) is 0 Å². The van der Waals surface area contributed by atoms with Gasteiger partial charge in [0, 0.05) is 0 Å². The maximum Gasteiger partial charge on any atom is -0.0348 e. The molecule has 0 bridgehead atoms. The fraction of sp³-hybridized carbons (Fsp3) is 0.733. The van der Waals surface area contributed by atoms with E-state index in [1.54, 1.807) is 0 Å². The third-order valence-corrected chi connectivity index (χ3v) is 2.56. The number of rotatable bonds is 10. The zero-order valence-corrected chi connectivity index (χ0v) is 10.7. The minimum absolute atomic E-state index is 1.21. The van der Waals surface area contributed by atoms with Crippen LogP contribution in [0, 0.1) is 0 Å². The fourth-order valence-electron chi connectivity index (χ4n) is 1.56. The van der Waals surface area contributed by atoms with Crippen molar-refractivity contribution in [3.63, 3.8) is 0 Å². The Balaban J connectivity index is 3.09. The Kier molecular flexibility index (Phi) is 13.0. The molecule has 0 saturated heterocycles. The Labute approximate surface area is 96.5 Å². The average molecular weight is 208 g/mol. The van der Waals surface area contributed by atoms with Crippen LogP contribution in [0.3, 0.4) is 0 Å². The van der Waals surface area contributed by atoms with Gasteiger partial charge in [-0.3, -0.25) is 0 Å². The first kappa shape index (κ1) is 14.5. The molecule has 0 radical (unpaired) electrons. The van der Waals surface area contributed by atoms with E-state index in [2.05, 4.69) is 38.2 Å². The van der Waals surface area contributed by atoms with Gasteiger partial charge >= 0.3 is 0 Å². The van der Waals surface area contributed by atoms with Crippen molar-refractivity contribution in [3.05, 3.63) is 24.3 Å². The van der Waals surface area contributed by atoms with Crippen molar-refractivity contribution in [2.24, 2.45) is 0 Å². The van der Waals surface area contributed by atoms with Crippen LogP contribution >= 0.6 is 0 Å². The molecule has 15 heavy (non-hydrogen) atoms. The van der Waals surface area contributed by atoms with Crippen molar-refractivity contribution in [2.45, 2.75) is 71.6 Å². The minimum Gasteiger partial charge on any atom is -0.0846 e. The third kappa shape index (κ3) is 13.5. The van der Waals surface area contributed by atoms with Gasteiger partial charge < -0.3 is 0 Å². The van der Waals surface area contributed by atoms with Gasteiger partial charge in [-0.2, -0.15) is 0 Å². The largest absolute Gasteiger partial charge is 0.0846 e. The molecule has 0 unspecified atom stereocenters. The molecule has 0 N–H and O–H groups in total. The second kappa shape index (κ2) is 13.5. The van der Waals surface area contributed by atoms with E-state index < -0.39 is 0 Å². The van der Waals surface area contributed by atoms with Gasteiger partial charge in [0.05, 0.1) is 0 Å². The highest BCUT2D eigenvalue weighted by Gasteiger charge is 1.87. The molecule has 0 aliphatic heterocycles. The molecule has 0 atom stereocenters. The normalized spacial score (nSPS) is 11.9. The van der Waals surface area contributed by atoms with Gasteiger partial charge in [0.1, 0.15) is 0 Å². The minimum atomic E-state index is 1.21. The number of hydrogen-bond donors (Lipinski definition) is 0. The second-order valence-electron chi connectivity index (χ2n) is 4.20. The van der Waals surface area contributed by atoms with E-state index in [-0.39, 0.29) is 0 Å². The van der Waals surface area contributed by atoms with Crippen LogP contribution in [0.5, 0.6) is 0 Å². The van der Waals surface area contributed by atoms with Gasteiger partial charge in [0.25, 0.3) is 0 Å². The summed E-state index contributed by atoms with van der Waals surface area (Å²) in [6.45, 7) is 4.48. The van der Waals surface area contributed by atoms with Crippen molar-refractivity contribution in [3.8, 4) is 0 Å². The zero-order chi connectivity index (χ0) is 11.2. The first-order valence-corrected chi connectivity index (χ1v) is 6.73. The lowest BCUT2D eigenvalue weighted by Gasteiger charge is -1.97. The summed E-state index contributed by atoms with van der Waals surface area (Å²) in [5.41, 5.74) is 0. The molecule has 0 aromatic carbocycles. The highest BCUT2D eigenvalue weighted by molar-refractivity contribution is 5.02. The summed E-state index contributed by atoms with van der Waals surface area (Å²) < 4.78 is 0. The Hall–Kier alpha value is -0.520. The van der Waals surface area contributed by atoms with Gasteiger partial charge in [-0.05, 0) is 19.3 Å². The third-order valence-electron chi connectivity index (χ3n) is 2.56. The molecular formula is C15H28. The molecule has 0 aliphatic rings. The lowest BCUT2D eigenvalue weighted by molar-refractivity contribution is 0.611. The Bertz CT molecular complexity index is 153. The lowest BCUT2D eigenvalue weighted by atomic mass is 10.1. The van der Waals surface area contributed by atoms with Crippen LogP contribution in [0.4, 0.5) is 0 Å². The van der Waals surface area contributed by atoms with Crippen LogP contribution in [0.2, 0.25) is 0 Å². The van der Waals surface area contributed by atoms with E-state index in [1.807, 2.05) is 0 Å². The molecule has 0 heteroatoms. The standard InChI is InChI=1S/C15H28/c1-3-5-7-9-11-13-15-14-12-10-8-6-4-2/h7,9,11,13H,3-6,8,10,12,14-15H2,1-2H3/b9-7+,13-11+. The SMILES string of the molecule is CCC/C=C/C=C/CCCCCCCC. The van der Waals surface area contributed by atoms with E-state index in [0.717, 1.165) is 0 Å². The maximum atomic E-state index is 2.30. The molecule has 0 aromatic rings. The summed E-state index contributed by atoms with van der Waals surface area (Å²) in [5, 5.41) is 0. The first-order chi connectivity index (χ1) is 7.41. The highest BCUT2D eigenvalue weighted by atomic mass is 13.9. The predicted octanol–water partition coefficient (Wildman–Crippen LogP) is 5.65. The summed E-state index contributed by atoms with van der Waals surface area (Å²) in [4.78, 5) is 0. The van der Waals surface area contributed by atoms with Crippen LogP contribution in [-0.2, 0) is 0 Å². The van der Waals surface area contributed by atoms with Crippen LogP contribution < -0.4 is 0 Å². The fourth-order valence-corrected chi connectivity index (χ4v) is 1.56. The summed E-state index contributed by atoms with van der Waals surface area (Å²) in [7, 11) is 0. The quantitative estimate of drug-likeness (QED) is 0.321. The zero-order valence-electron chi connectivity index (χ0n) is 10.7. The topological polar surface area (TPSA) is 0 Å². The smallest absolute Gasteiger partial charge is 0.0348 e. The van der Waals surface area contributed by atoms with Gasteiger partial charge in [-0.15, -0.1) is 0 Å². The van der Waals surface area contributed by atoms with Crippen LogP contribution in [0.1, 0.15) is 71.6 Å². The summed E-state index contributed by atoms with van der Waals surface area (Å²) >= 11 is 0. The lowest BCUT2D eigenvalue weighted by Crippen LogP contribution is -1.77. The number of hydrogen-bond acceptors (Lipinski definition) is 0. The maximum absolute atomic E-state index is 2.30. The summed E-state index contributed by atoms with van der Waals surface area (Å²) in [6.07, 6.45) is 21.0.